The van der Waals surface area contributed by atoms with Crippen molar-refractivity contribution in [3.05, 3.63) is 53.3 Å². The highest BCUT2D eigenvalue weighted by Crippen LogP contribution is 2.31. The smallest absolute Gasteiger partial charge is 0.244 e. The van der Waals surface area contributed by atoms with E-state index < -0.39 is 5.78 Å². The van der Waals surface area contributed by atoms with Gasteiger partial charge in [0.2, 0.25) is 11.6 Å². The molecule has 0 saturated heterocycles. The zero-order valence-corrected chi connectivity index (χ0v) is 12.6. The van der Waals surface area contributed by atoms with E-state index in [0.29, 0.717) is 5.69 Å². The molecule has 2 heterocycles. The molecule has 0 aliphatic rings. The summed E-state index contributed by atoms with van der Waals surface area (Å²) in [5.41, 5.74) is 0.334. The van der Waals surface area contributed by atoms with Gasteiger partial charge in [-0.1, -0.05) is 30.0 Å². The molecular weight excluding hydrogens is 322 g/mol. The van der Waals surface area contributed by atoms with E-state index in [4.69, 9.17) is 0 Å². The van der Waals surface area contributed by atoms with E-state index in [2.05, 4.69) is 25.6 Å². The normalized spacial score (nSPS) is 11.5. The number of aromatic nitrogens is 5. The third-order valence-electron chi connectivity index (χ3n) is 2.53. The molecule has 3 rings (SSSR count). The Morgan fingerprint density at radius 3 is 2.86 bits per heavy atom. The van der Waals surface area contributed by atoms with E-state index in [1.807, 2.05) is 30.3 Å². The Morgan fingerprint density at radius 1 is 1.32 bits per heavy atom. The highest BCUT2D eigenvalue weighted by Gasteiger charge is 2.13. The molecule has 0 atom stereocenters. The number of nitrogens with one attached hydrogen (secondary N) is 1. The fraction of sp³-hybridized carbons (Fsp3) is 0. The Bertz CT molecular complexity index is 799. The number of hydrogen-bond acceptors (Lipinski definition) is 8. The third kappa shape index (κ3) is 3.38. The quantitative estimate of drug-likeness (QED) is 0.420. The number of H-pyrrole nitrogens is 1. The van der Waals surface area contributed by atoms with Crippen LogP contribution in [0.3, 0.4) is 0 Å². The largest absolute Gasteiger partial charge is 0.506 e. The monoisotopic (exact) mass is 331 g/mol. The van der Waals surface area contributed by atoms with Crippen molar-refractivity contribution < 1.29 is 9.90 Å². The van der Waals surface area contributed by atoms with Gasteiger partial charge in [0.25, 0.3) is 0 Å². The number of ketones is 1. The van der Waals surface area contributed by atoms with Gasteiger partial charge in [0, 0.05) is 16.4 Å². The number of tetrazole rings is 1. The predicted molar refractivity (Wildman–Crippen MR) is 81.8 cm³/mol. The lowest BCUT2D eigenvalue weighted by molar-refractivity contribution is 0.103. The third-order valence-corrected chi connectivity index (χ3v) is 4.47. The molecule has 22 heavy (non-hydrogen) atoms. The molecule has 9 heteroatoms. The summed E-state index contributed by atoms with van der Waals surface area (Å²) < 4.78 is 0.771. The van der Waals surface area contributed by atoms with Crippen molar-refractivity contribution >= 4 is 34.6 Å². The van der Waals surface area contributed by atoms with Gasteiger partial charge in [-0.15, -0.1) is 21.5 Å². The fourth-order valence-corrected chi connectivity index (χ4v) is 3.34. The van der Waals surface area contributed by atoms with Crippen LogP contribution in [-0.2, 0) is 0 Å². The second-order valence-corrected chi connectivity index (χ2v) is 6.22. The van der Waals surface area contributed by atoms with Crippen molar-refractivity contribution in [3.8, 4) is 0 Å². The van der Waals surface area contributed by atoms with E-state index in [0.717, 1.165) is 15.3 Å². The molecule has 1 aromatic carbocycles. The number of rotatable bonds is 5. The topological polar surface area (TPSA) is 105 Å². The number of carbonyl (C=O) groups is 1. The molecule has 3 aromatic rings. The van der Waals surface area contributed by atoms with Crippen LogP contribution in [0.2, 0.25) is 0 Å². The van der Waals surface area contributed by atoms with E-state index in [9.17, 15) is 9.90 Å². The standard InChI is InChI=1S/C13H9N5O2S2/c19-10(6-11(20)12-15-17-18-16-12)9-7-21-13(14-9)22-8-4-2-1-3-5-8/h1-7,19H,(H,15,16,17,18). The Morgan fingerprint density at radius 2 is 2.14 bits per heavy atom. The molecular formula is C13H9N5O2S2. The molecule has 0 radical (unpaired) electrons. The highest BCUT2D eigenvalue weighted by atomic mass is 32.2. The van der Waals surface area contributed by atoms with E-state index in [1.165, 1.54) is 23.1 Å². The van der Waals surface area contributed by atoms with Crippen LogP contribution in [0, 0.1) is 0 Å². The Kier molecular flexibility index (Phi) is 4.26. The summed E-state index contributed by atoms with van der Waals surface area (Å²) in [4.78, 5) is 17.1. The molecule has 110 valence electrons. The molecule has 0 unspecified atom stereocenters. The minimum absolute atomic E-state index is 0.110. The Hall–Kier alpha value is -2.52. The number of allylic oxidation sites excluding steroid dienone is 1. The van der Waals surface area contributed by atoms with Gasteiger partial charge >= 0.3 is 0 Å². The van der Waals surface area contributed by atoms with Gasteiger partial charge in [0.15, 0.2) is 4.34 Å². The van der Waals surface area contributed by atoms with E-state index >= 15 is 0 Å². The van der Waals surface area contributed by atoms with Gasteiger partial charge < -0.3 is 5.11 Å². The van der Waals surface area contributed by atoms with Crippen molar-refractivity contribution in [2.24, 2.45) is 0 Å². The van der Waals surface area contributed by atoms with Crippen LogP contribution in [0.15, 0.2) is 51.0 Å². The molecule has 7 nitrogen and oxygen atoms in total. The predicted octanol–water partition coefficient (Wildman–Crippen LogP) is 2.59. The summed E-state index contributed by atoms with van der Waals surface area (Å²) in [6.07, 6.45) is 1.02. The van der Waals surface area contributed by atoms with E-state index in [1.54, 1.807) is 5.38 Å². The second kappa shape index (κ2) is 6.50. The number of thiazole rings is 1. The summed E-state index contributed by atoms with van der Waals surface area (Å²) in [6.45, 7) is 0. The van der Waals surface area contributed by atoms with Gasteiger partial charge in [-0.05, 0) is 17.3 Å². The average molecular weight is 331 g/mol. The average Bonchev–Trinajstić information content (AvgIpc) is 3.19. The first-order chi connectivity index (χ1) is 10.7. The lowest BCUT2D eigenvalue weighted by Gasteiger charge is -1.96. The van der Waals surface area contributed by atoms with Gasteiger partial charge in [-0.2, -0.15) is 5.21 Å². The van der Waals surface area contributed by atoms with Crippen LogP contribution < -0.4 is 0 Å². The number of carbonyl (C=O) groups excluding carboxylic acids is 1. The first kappa shape index (κ1) is 14.4. The van der Waals surface area contributed by atoms with Crippen LogP contribution in [0.5, 0.6) is 0 Å². The first-order valence-electron chi connectivity index (χ1n) is 6.09. The number of aliphatic hydroxyl groups excluding tert-OH is 1. The summed E-state index contributed by atoms with van der Waals surface area (Å²) >= 11 is 2.87. The fourth-order valence-electron chi connectivity index (χ4n) is 1.54. The zero-order valence-electron chi connectivity index (χ0n) is 11.0. The minimum Gasteiger partial charge on any atom is -0.506 e. The van der Waals surface area contributed by atoms with Crippen molar-refractivity contribution in [1.29, 1.82) is 0 Å². The van der Waals surface area contributed by atoms with Crippen LogP contribution in [0.4, 0.5) is 0 Å². The molecule has 0 aliphatic carbocycles. The maximum atomic E-state index is 11.7. The van der Waals surface area contributed by atoms with Crippen molar-refractivity contribution in [2.45, 2.75) is 9.24 Å². The summed E-state index contributed by atoms with van der Waals surface area (Å²) in [6, 6.07) is 9.77. The Labute approximate surface area is 133 Å². The van der Waals surface area contributed by atoms with Gasteiger partial charge in [-0.3, -0.25) is 4.79 Å². The molecule has 2 aromatic heterocycles. The van der Waals surface area contributed by atoms with Gasteiger partial charge in [-0.25, -0.2) is 4.98 Å². The number of nitrogens with zero attached hydrogens (tertiary/aromatic N) is 4. The Balaban J connectivity index is 1.74. The van der Waals surface area contributed by atoms with Crippen LogP contribution in [-0.4, -0.2) is 36.5 Å². The van der Waals surface area contributed by atoms with Crippen LogP contribution >= 0.6 is 23.1 Å². The van der Waals surface area contributed by atoms with Gasteiger partial charge in [0.1, 0.15) is 11.5 Å². The van der Waals surface area contributed by atoms with Crippen molar-refractivity contribution in [1.82, 2.24) is 25.6 Å². The minimum atomic E-state index is -0.545. The summed E-state index contributed by atoms with van der Waals surface area (Å²) in [5.74, 6) is -0.886. The van der Waals surface area contributed by atoms with Gasteiger partial charge in [0.05, 0.1) is 0 Å². The lowest BCUT2D eigenvalue weighted by atomic mass is 10.3. The molecule has 0 fully saturated rings. The maximum Gasteiger partial charge on any atom is 0.244 e. The van der Waals surface area contributed by atoms with Crippen molar-refractivity contribution in [3.63, 3.8) is 0 Å². The highest BCUT2D eigenvalue weighted by molar-refractivity contribution is 8.01. The molecule has 0 spiro atoms. The molecule has 0 aliphatic heterocycles. The molecule has 0 saturated carbocycles. The SMILES string of the molecule is O=C(C=C(O)c1csc(Sc2ccccc2)n1)c1nn[nH]n1. The lowest BCUT2D eigenvalue weighted by Crippen LogP contribution is -1.99. The molecule has 0 amide bonds. The summed E-state index contributed by atoms with van der Waals surface area (Å²) in [7, 11) is 0. The number of aromatic amines is 1. The zero-order chi connectivity index (χ0) is 15.4. The maximum absolute atomic E-state index is 11.7. The second-order valence-electron chi connectivity index (χ2n) is 4.04. The van der Waals surface area contributed by atoms with Crippen LogP contribution in [0.1, 0.15) is 16.3 Å². The number of hydrogen-bond donors (Lipinski definition) is 2. The number of aliphatic hydroxyl groups is 1. The number of benzene rings is 1. The summed E-state index contributed by atoms with van der Waals surface area (Å²) in [5, 5.41) is 24.2. The first-order valence-corrected chi connectivity index (χ1v) is 7.79. The van der Waals surface area contributed by atoms with E-state index in [-0.39, 0.29) is 11.6 Å². The molecule has 2 N–H and O–H groups in total. The van der Waals surface area contributed by atoms with Crippen molar-refractivity contribution in [2.75, 3.05) is 0 Å². The van der Waals surface area contributed by atoms with Crippen LogP contribution in [0.25, 0.3) is 5.76 Å². The molecule has 0 bridgehead atoms.